The minimum absolute atomic E-state index is 0.0722. The fourth-order valence-electron chi connectivity index (χ4n) is 1.72. The average molecular weight is 371 g/mol. The van der Waals surface area contributed by atoms with Crippen LogP contribution in [0.25, 0.3) is 6.08 Å². The average Bonchev–Trinajstić information content (AvgIpc) is 2.68. The molecule has 0 saturated carbocycles. The van der Waals surface area contributed by atoms with Crippen LogP contribution in [0, 0.1) is 6.92 Å². The third-order valence-electron chi connectivity index (χ3n) is 2.61. The number of nitrogens with one attached hydrogen (secondary N) is 1. The number of nitrogens with zero attached hydrogens (tertiary/aromatic N) is 1. The fraction of sp³-hybridized carbons (Fsp3) is 0.154. The van der Waals surface area contributed by atoms with E-state index in [2.05, 4.69) is 27.8 Å². The zero-order valence-corrected chi connectivity index (χ0v) is 13.8. The maximum Gasteiger partial charge on any atom is 0.265 e. The van der Waals surface area contributed by atoms with E-state index >= 15 is 0 Å². The molecule has 1 fully saturated rings. The quantitative estimate of drug-likeness (QED) is 0.385. The Morgan fingerprint density at radius 3 is 2.80 bits per heavy atom. The summed E-state index contributed by atoms with van der Waals surface area (Å²) in [6, 6.07) is 1.94. The van der Waals surface area contributed by atoms with Gasteiger partial charge in [-0.25, -0.2) is 0 Å². The van der Waals surface area contributed by atoms with Crippen molar-refractivity contribution in [3.8, 4) is 0 Å². The van der Waals surface area contributed by atoms with E-state index in [-0.39, 0.29) is 17.2 Å². The van der Waals surface area contributed by atoms with Crippen molar-refractivity contribution in [3.05, 3.63) is 38.5 Å². The minimum Gasteiger partial charge on any atom is -0.298 e. The van der Waals surface area contributed by atoms with Gasteiger partial charge in [-0.2, -0.15) is 0 Å². The minimum atomic E-state index is -0.474. The number of hydrogen-bond donors (Lipinski definition) is 1. The van der Waals surface area contributed by atoms with Crippen LogP contribution >= 0.6 is 39.5 Å². The van der Waals surface area contributed by atoms with Gasteiger partial charge in [0.1, 0.15) is 5.57 Å². The fourth-order valence-corrected chi connectivity index (χ4v) is 3.68. The number of thiocarbonyl (C=S) groups is 1. The third kappa shape index (κ3) is 2.89. The molecular weight excluding hydrogens is 360 g/mol. The van der Waals surface area contributed by atoms with E-state index in [1.807, 2.05) is 13.0 Å². The Morgan fingerprint density at radius 2 is 2.25 bits per heavy atom. The van der Waals surface area contributed by atoms with Gasteiger partial charge in [0, 0.05) is 20.8 Å². The molecule has 1 saturated heterocycles. The largest absolute Gasteiger partial charge is 0.298 e. The van der Waals surface area contributed by atoms with E-state index in [1.54, 1.807) is 12.2 Å². The van der Waals surface area contributed by atoms with Gasteiger partial charge in [0.05, 0.1) is 0 Å². The van der Waals surface area contributed by atoms with Crippen LogP contribution in [0.5, 0.6) is 0 Å². The molecule has 0 aliphatic carbocycles. The molecule has 4 nitrogen and oxygen atoms in total. The van der Waals surface area contributed by atoms with Crippen molar-refractivity contribution in [2.75, 3.05) is 6.54 Å². The van der Waals surface area contributed by atoms with E-state index < -0.39 is 11.8 Å². The van der Waals surface area contributed by atoms with Gasteiger partial charge in [0.2, 0.25) is 0 Å². The van der Waals surface area contributed by atoms with Crippen molar-refractivity contribution < 1.29 is 9.59 Å². The normalized spacial score (nSPS) is 17.6. The zero-order valence-electron chi connectivity index (χ0n) is 10.6. The summed E-state index contributed by atoms with van der Waals surface area (Å²) in [5.41, 5.74) is 0.0722. The third-order valence-corrected chi connectivity index (χ3v) is 4.85. The first kappa shape index (κ1) is 15.1. The van der Waals surface area contributed by atoms with Gasteiger partial charge in [-0.05, 0) is 47.2 Å². The molecule has 0 unspecified atom stereocenters. The van der Waals surface area contributed by atoms with Crippen LogP contribution in [0.3, 0.4) is 0 Å². The van der Waals surface area contributed by atoms with E-state index in [9.17, 15) is 9.59 Å². The zero-order chi connectivity index (χ0) is 14.9. The molecule has 1 aromatic rings. The topological polar surface area (TPSA) is 49.4 Å². The van der Waals surface area contributed by atoms with Gasteiger partial charge in [-0.15, -0.1) is 17.9 Å². The number of thiophene rings is 1. The summed E-state index contributed by atoms with van der Waals surface area (Å²) in [5.74, 6) is -0.880. The Hall–Kier alpha value is -1.31. The second-order valence-electron chi connectivity index (χ2n) is 4.09. The van der Waals surface area contributed by atoms with Crippen LogP contribution in [-0.4, -0.2) is 28.4 Å². The highest BCUT2D eigenvalue weighted by Gasteiger charge is 2.32. The molecule has 20 heavy (non-hydrogen) atoms. The Kier molecular flexibility index (Phi) is 4.52. The van der Waals surface area contributed by atoms with Crippen molar-refractivity contribution >= 4 is 62.5 Å². The maximum atomic E-state index is 12.3. The van der Waals surface area contributed by atoms with E-state index in [1.165, 1.54) is 16.2 Å². The summed E-state index contributed by atoms with van der Waals surface area (Å²) < 4.78 is 0.858. The van der Waals surface area contributed by atoms with Gasteiger partial charge in [0.15, 0.2) is 5.11 Å². The summed E-state index contributed by atoms with van der Waals surface area (Å²) >= 11 is 9.89. The number of hydrogen-bond acceptors (Lipinski definition) is 4. The summed E-state index contributed by atoms with van der Waals surface area (Å²) in [5, 5.41) is 2.62. The van der Waals surface area contributed by atoms with Crippen LogP contribution < -0.4 is 5.32 Å². The summed E-state index contributed by atoms with van der Waals surface area (Å²) in [7, 11) is 0. The molecule has 1 aliphatic rings. The van der Waals surface area contributed by atoms with Gasteiger partial charge < -0.3 is 0 Å². The van der Waals surface area contributed by atoms with Crippen molar-refractivity contribution in [3.63, 3.8) is 0 Å². The molecule has 104 valence electrons. The van der Waals surface area contributed by atoms with E-state index in [0.717, 1.165) is 14.2 Å². The molecule has 7 heteroatoms. The molecule has 0 radical (unpaired) electrons. The molecule has 0 bridgehead atoms. The Balaban J connectivity index is 2.41. The molecule has 1 aliphatic heterocycles. The van der Waals surface area contributed by atoms with Crippen LogP contribution in [-0.2, 0) is 9.59 Å². The maximum absolute atomic E-state index is 12.3. The van der Waals surface area contributed by atoms with Crippen molar-refractivity contribution in [2.24, 2.45) is 0 Å². The predicted molar refractivity (Wildman–Crippen MR) is 87.4 cm³/mol. The lowest BCUT2D eigenvalue weighted by atomic mass is 10.1. The number of halogens is 1. The highest BCUT2D eigenvalue weighted by Crippen LogP contribution is 2.29. The van der Waals surface area contributed by atoms with Crippen molar-refractivity contribution in [1.82, 2.24) is 10.2 Å². The van der Waals surface area contributed by atoms with Gasteiger partial charge in [-0.3, -0.25) is 19.8 Å². The van der Waals surface area contributed by atoms with Gasteiger partial charge >= 0.3 is 0 Å². The molecule has 2 rings (SSSR count). The molecule has 1 N–H and O–H groups in total. The first-order chi connectivity index (χ1) is 9.43. The number of carbonyl (C=O) groups excluding carboxylic acids is 2. The molecular formula is C13H11BrN2O2S2. The molecule has 1 aromatic heterocycles. The SMILES string of the molecule is C=CCN1C(=O)C(=Cc2sc(C)cc2Br)C(=O)NC1=S. The first-order valence-electron chi connectivity index (χ1n) is 5.69. The van der Waals surface area contributed by atoms with Gasteiger partial charge in [-0.1, -0.05) is 6.08 Å². The lowest BCUT2D eigenvalue weighted by Crippen LogP contribution is -2.53. The second kappa shape index (κ2) is 5.99. The monoisotopic (exact) mass is 370 g/mol. The number of carbonyl (C=O) groups is 2. The van der Waals surface area contributed by atoms with Gasteiger partial charge in [0.25, 0.3) is 11.8 Å². The molecule has 2 heterocycles. The summed E-state index contributed by atoms with van der Waals surface area (Å²) in [4.78, 5) is 27.5. The van der Waals surface area contributed by atoms with Crippen LogP contribution in [0.2, 0.25) is 0 Å². The smallest absolute Gasteiger partial charge is 0.265 e. The highest BCUT2D eigenvalue weighted by molar-refractivity contribution is 9.10. The highest BCUT2D eigenvalue weighted by atomic mass is 79.9. The Morgan fingerprint density at radius 1 is 1.55 bits per heavy atom. The summed E-state index contributed by atoms with van der Waals surface area (Å²) in [6.07, 6.45) is 3.14. The number of aryl methyl sites for hydroxylation is 1. The standard InChI is InChI=1S/C13H11BrN2O2S2/c1-3-4-16-12(18)8(11(17)15-13(16)19)6-10-9(14)5-7(2)20-10/h3,5-6H,1,4H2,2H3,(H,15,17,19). The lowest BCUT2D eigenvalue weighted by Gasteiger charge is -2.27. The van der Waals surface area contributed by atoms with Crippen LogP contribution in [0.15, 0.2) is 28.8 Å². The molecule has 0 spiro atoms. The predicted octanol–water partition coefficient (Wildman–Crippen LogP) is 2.63. The van der Waals surface area contributed by atoms with Crippen molar-refractivity contribution in [2.45, 2.75) is 6.92 Å². The van der Waals surface area contributed by atoms with Crippen molar-refractivity contribution in [1.29, 1.82) is 0 Å². The first-order valence-corrected chi connectivity index (χ1v) is 7.71. The lowest BCUT2D eigenvalue weighted by molar-refractivity contribution is -0.128. The summed E-state index contributed by atoms with van der Waals surface area (Å²) in [6.45, 7) is 5.80. The second-order valence-corrected chi connectivity index (χ2v) is 6.62. The Labute approximate surface area is 134 Å². The van der Waals surface area contributed by atoms with E-state index in [4.69, 9.17) is 12.2 Å². The Bertz CT molecular complexity index is 649. The molecule has 0 atom stereocenters. The van der Waals surface area contributed by atoms with E-state index in [0.29, 0.717) is 0 Å². The number of rotatable bonds is 3. The van der Waals surface area contributed by atoms with Crippen LogP contribution in [0.1, 0.15) is 9.75 Å². The molecule has 2 amide bonds. The number of amides is 2. The molecule has 0 aromatic carbocycles. The van der Waals surface area contributed by atoms with Crippen LogP contribution in [0.4, 0.5) is 0 Å².